The average molecular weight is 217 g/mol. The summed E-state index contributed by atoms with van der Waals surface area (Å²) in [6, 6.07) is 9.47. The van der Waals surface area contributed by atoms with Gasteiger partial charge in [-0.05, 0) is 23.4 Å². The minimum atomic E-state index is 0.0124. The largest absolute Gasteiger partial charge is 0.396 e. The summed E-state index contributed by atoms with van der Waals surface area (Å²) >= 11 is 0. The Morgan fingerprint density at radius 3 is 2.81 bits per heavy atom. The third-order valence-electron chi connectivity index (χ3n) is 2.71. The fourth-order valence-corrected chi connectivity index (χ4v) is 1.77. The van der Waals surface area contributed by atoms with E-state index in [-0.39, 0.29) is 18.1 Å². The van der Waals surface area contributed by atoms with Gasteiger partial charge in [0.25, 0.3) is 5.56 Å². The van der Waals surface area contributed by atoms with Gasteiger partial charge in [-0.3, -0.25) is 4.79 Å². The lowest BCUT2D eigenvalue weighted by atomic mass is 10.1. The number of benzene rings is 1. The van der Waals surface area contributed by atoms with Crippen LogP contribution in [0, 0.1) is 5.92 Å². The number of fused-ring (bicyclic) bond motifs is 1. The van der Waals surface area contributed by atoms with Gasteiger partial charge in [-0.1, -0.05) is 25.1 Å². The Kier molecular flexibility index (Phi) is 3.06. The highest BCUT2D eigenvalue weighted by Crippen LogP contribution is 2.08. The molecule has 1 atom stereocenters. The summed E-state index contributed by atoms with van der Waals surface area (Å²) < 4.78 is 1.66. The summed E-state index contributed by atoms with van der Waals surface area (Å²) in [6.07, 6.45) is 1.79. The average Bonchev–Trinajstić information content (AvgIpc) is 2.33. The van der Waals surface area contributed by atoms with Gasteiger partial charge in [-0.2, -0.15) is 0 Å². The van der Waals surface area contributed by atoms with Crippen molar-refractivity contribution in [1.82, 2.24) is 4.57 Å². The molecule has 1 heterocycles. The number of hydrogen-bond acceptors (Lipinski definition) is 2. The molecule has 1 aromatic carbocycles. The molecular formula is C13H15NO2. The predicted octanol–water partition coefficient (Wildman–Crippen LogP) is 1.63. The molecule has 0 saturated heterocycles. The van der Waals surface area contributed by atoms with Gasteiger partial charge < -0.3 is 9.67 Å². The summed E-state index contributed by atoms with van der Waals surface area (Å²) in [5, 5.41) is 10.7. The van der Waals surface area contributed by atoms with Crippen LogP contribution in [0.2, 0.25) is 0 Å². The molecule has 0 radical (unpaired) electrons. The first-order valence-corrected chi connectivity index (χ1v) is 5.41. The standard InChI is InChI=1S/C13H15NO2/c1-10(9-15)8-14-7-6-11-4-2-3-5-12(11)13(14)16/h2-7,10,15H,8-9H2,1H3. The molecule has 16 heavy (non-hydrogen) atoms. The molecule has 0 aliphatic heterocycles. The van der Waals surface area contributed by atoms with Crippen LogP contribution in [0.1, 0.15) is 6.92 Å². The van der Waals surface area contributed by atoms with Crippen LogP contribution in [-0.2, 0) is 6.54 Å². The molecule has 0 amide bonds. The van der Waals surface area contributed by atoms with E-state index >= 15 is 0 Å². The van der Waals surface area contributed by atoms with E-state index < -0.39 is 0 Å². The molecule has 0 fully saturated rings. The predicted molar refractivity (Wildman–Crippen MR) is 64.5 cm³/mol. The zero-order chi connectivity index (χ0) is 11.5. The minimum Gasteiger partial charge on any atom is -0.396 e. The van der Waals surface area contributed by atoms with E-state index in [4.69, 9.17) is 5.11 Å². The maximum absolute atomic E-state index is 12.1. The number of aromatic nitrogens is 1. The Hall–Kier alpha value is -1.61. The summed E-state index contributed by atoms with van der Waals surface area (Å²) in [5.74, 6) is 0.0962. The molecule has 0 aliphatic rings. The van der Waals surface area contributed by atoms with Crippen molar-refractivity contribution in [2.24, 2.45) is 5.92 Å². The number of nitrogens with zero attached hydrogens (tertiary/aromatic N) is 1. The van der Waals surface area contributed by atoms with Crippen LogP contribution in [0.4, 0.5) is 0 Å². The second-order valence-electron chi connectivity index (χ2n) is 4.15. The topological polar surface area (TPSA) is 42.2 Å². The lowest BCUT2D eigenvalue weighted by Gasteiger charge is -2.11. The molecular weight excluding hydrogens is 202 g/mol. The van der Waals surface area contributed by atoms with Gasteiger partial charge in [0, 0.05) is 24.7 Å². The van der Waals surface area contributed by atoms with Crippen LogP contribution in [0.3, 0.4) is 0 Å². The van der Waals surface area contributed by atoms with Crippen LogP contribution >= 0.6 is 0 Å². The van der Waals surface area contributed by atoms with Crippen molar-refractivity contribution < 1.29 is 5.11 Å². The Balaban J connectivity index is 2.49. The summed E-state index contributed by atoms with van der Waals surface area (Å²) in [7, 11) is 0. The molecule has 1 unspecified atom stereocenters. The van der Waals surface area contributed by atoms with E-state index in [2.05, 4.69) is 0 Å². The Labute approximate surface area is 94.0 Å². The fourth-order valence-electron chi connectivity index (χ4n) is 1.77. The number of aliphatic hydroxyl groups excluding tert-OH is 1. The summed E-state index contributed by atoms with van der Waals surface area (Å²) in [6.45, 7) is 2.57. The molecule has 0 spiro atoms. The third kappa shape index (κ3) is 1.99. The molecule has 0 saturated carbocycles. The van der Waals surface area contributed by atoms with E-state index in [1.165, 1.54) is 0 Å². The highest BCUT2D eigenvalue weighted by Gasteiger charge is 2.05. The molecule has 2 aromatic rings. The molecule has 1 aromatic heterocycles. The van der Waals surface area contributed by atoms with E-state index in [1.807, 2.05) is 37.3 Å². The van der Waals surface area contributed by atoms with Crippen LogP contribution in [0.5, 0.6) is 0 Å². The monoisotopic (exact) mass is 217 g/mol. The van der Waals surface area contributed by atoms with Gasteiger partial charge in [0.1, 0.15) is 0 Å². The third-order valence-corrected chi connectivity index (χ3v) is 2.71. The Bertz CT molecular complexity index is 545. The maximum Gasteiger partial charge on any atom is 0.258 e. The van der Waals surface area contributed by atoms with Gasteiger partial charge >= 0.3 is 0 Å². The van der Waals surface area contributed by atoms with E-state index in [1.54, 1.807) is 10.8 Å². The van der Waals surface area contributed by atoms with Crippen molar-refractivity contribution in [3.05, 3.63) is 46.9 Å². The lowest BCUT2D eigenvalue weighted by molar-refractivity contribution is 0.222. The molecule has 0 bridgehead atoms. The first-order valence-electron chi connectivity index (χ1n) is 5.41. The SMILES string of the molecule is CC(CO)Cn1ccc2ccccc2c1=O. The Morgan fingerprint density at radius 1 is 1.31 bits per heavy atom. The quantitative estimate of drug-likeness (QED) is 0.849. The van der Waals surface area contributed by atoms with Gasteiger partial charge in [0.15, 0.2) is 0 Å². The highest BCUT2D eigenvalue weighted by atomic mass is 16.3. The van der Waals surface area contributed by atoms with E-state index in [0.717, 1.165) is 10.8 Å². The van der Waals surface area contributed by atoms with Gasteiger partial charge in [-0.15, -0.1) is 0 Å². The fraction of sp³-hybridized carbons (Fsp3) is 0.308. The molecule has 3 heteroatoms. The van der Waals surface area contributed by atoms with Gasteiger partial charge in [0.05, 0.1) is 0 Å². The van der Waals surface area contributed by atoms with Crippen LogP contribution in [0.15, 0.2) is 41.3 Å². The van der Waals surface area contributed by atoms with Crippen LogP contribution in [-0.4, -0.2) is 16.3 Å². The van der Waals surface area contributed by atoms with Gasteiger partial charge in [0.2, 0.25) is 0 Å². The van der Waals surface area contributed by atoms with Crippen molar-refractivity contribution in [2.75, 3.05) is 6.61 Å². The number of pyridine rings is 1. The van der Waals surface area contributed by atoms with E-state index in [9.17, 15) is 4.79 Å². The zero-order valence-electron chi connectivity index (χ0n) is 9.26. The second-order valence-corrected chi connectivity index (χ2v) is 4.15. The number of rotatable bonds is 3. The molecule has 2 rings (SSSR count). The van der Waals surface area contributed by atoms with Crippen molar-refractivity contribution in [3.8, 4) is 0 Å². The molecule has 84 valence electrons. The zero-order valence-corrected chi connectivity index (χ0v) is 9.26. The second kappa shape index (κ2) is 4.49. The highest BCUT2D eigenvalue weighted by molar-refractivity contribution is 5.81. The lowest BCUT2D eigenvalue weighted by Crippen LogP contribution is -2.23. The number of aliphatic hydroxyl groups is 1. The van der Waals surface area contributed by atoms with E-state index in [0.29, 0.717) is 6.54 Å². The first-order chi connectivity index (χ1) is 7.72. The summed E-state index contributed by atoms with van der Waals surface area (Å²) in [4.78, 5) is 12.1. The first kappa shape index (κ1) is 10.9. The van der Waals surface area contributed by atoms with Crippen LogP contribution < -0.4 is 5.56 Å². The van der Waals surface area contributed by atoms with Crippen LogP contribution in [0.25, 0.3) is 10.8 Å². The van der Waals surface area contributed by atoms with Crippen molar-refractivity contribution in [3.63, 3.8) is 0 Å². The molecule has 0 aliphatic carbocycles. The van der Waals surface area contributed by atoms with Crippen molar-refractivity contribution in [1.29, 1.82) is 0 Å². The van der Waals surface area contributed by atoms with Crippen molar-refractivity contribution >= 4 is 10.8 Å². The Morgan fingerprint density at radius 2 is 2.06 bits per heavy atom. The molecule has 3 nitrogen and oxygen atoms in total. The normalized spacial score (nSPS) is 12.9. The minimum absolute atomic E-state index is 0.0124. The van der Waals surface area contributed by atoms with Crippen molar-refractivity contribution in [2.45, 2.75) is 13.5 Å². The van der Waals surface area contributed by atoms with Gasteiger partial charge in [-0.25, -0.2) is 0 Å². The maximum atomic E-state index is 12.1. The number of hydrogen-bond donors (Lipinski definition) is 1. The molecule has 1 N–H and O–H groups in total. The smallest absolute Gasteiger partial charge is 0.258 e. The summed E-state index contributed by atoms with van der Waals surface area (Å²) in [5.41, 5.74) is 0.0124.